The van der Waals surface area contributed by atoms with Crippen LogP contribution in [0, 0.1) is 0 Å². The molecule has 0 bridgehead atoms. The molecule has 1 saturated heterocycles. The molecule has 5 heteroatoms. The molecule has 1 fully saturated rings. The lowest BCUT2D eigenvalue weighted by Crippen LogP contribution is -2.39. The number of benzene rings is 1. The summed E-state index contributed by atoms with van der Waals surface area (Å²) < 4.78 is 0. The van der Waals surface area contributed by atoms with E-state index in [-0.39, 0.29) is 17.7 Å². The molecule has 1 aromatic carbocycles. The molecule has 16 heavy (non-hydrogen) atoms. The summed E-state index contributed by atoms with van der Waals surface area (Å²) in [6.45, 7) is 0. The van der Waals surface area contributed by atoms with Crippen LogP contribution in [0.25, 0.3) is 0 Å². The van der Waals surface area contributed by atoms with Gasteiger partial charge in [-0.25, -0.2) is 0 Å². The topological polar surface area (TPSA) is 46.2 Å². The van der Waals surface area contributed by atoms with Gasteiger partial charge in [0.05, 0.1) is 5.92 Å². The Morgan fingerprint density at radius 1 is 1.25 bits per heavy atom. The minimum Gasteiger partial charge on any atom is -0.296 e. The van der Waals surface area contributed by atoms with Crippen LogP contribution in [-0.4, -0.2) is 11.8 Å². The predicted molar refractivity (Wildman–Crippen MR) is 61.6 cm³/mol. The molecule has 1 heterocycles. The third kappa shape index (κ3) is 2.20. The number of carbonyl (C=O) groups is 2. The van der Waals surface area contributed by atoms with Gasteiger partial charge in [0.25, 0.3) is 0 Å². The van der Waals surface area contributed by atoms with Crippen molar-refractivity contribution in [1.29, 1.82) is 0 Å². The van der Waals surface area contributed by atoms with Crippen molar-refractivity contribution in [2.24, 2.45) is 0 Å². The minimum atomic E-state index is -0.359. The van der Waals surface area contributed by atoms with Crippen molar-refractivity contribution in [3.05, 3.63) is 33.8 Å². The highest BCUT2D eigenvalue weighted by atomic mass is 35.5. The van der Waals surface area contributed by atoms with Crippen LogP contribution in [0.15, 0.2) is 18.2 Å². The number of amides is 2. The minimum absolute atomic E-state index is 0.230. The normalized spacial score (nSPS) is 20.8. The standard InChI is InChI=1S/C11H9Cl2NO2/c12-6-1-2-7(9(13)5-6)8-3-4-10(15)14-11(8)16/h1-2,5,8H,3-4H2,(H,14,15,16). The van der Waals surface area contributed by atoms with Crippen LogP contribution in [-0.2, 0) is 9.59 Å². The first-order chi connectivity index (χ1) is 7.58. The van der Waals surface area contributed by atoms with Gasteiger partial charge in [0, 0.05) is 16.5 Å². The van der Waals surface area contributed by atoms with Crippen LogP contribution in [0.3, 0.4) is 0 Å². The van der Waals surface area contributed by atoms with E-state index in [1.54, 1.807) is 18.2 Å². The van der Waals surface area contributed by atoms with E-state index in [2.05, 4.69) is 5.32 Å². The Morgan fingerprint density at radius 2 is 2.00 bits per heavy atom. The van der Waals surface area contributed by atoms with E-state index >= 15 is 0 Å². The maximum Gasteiger partial charge on any atom is 0.234 e. The molecule has 1 unspecified atom stereocenters. The second-order valence-electron chi connectivity index (χ2n) is 3.67. The lowest BCUT2D eigenvalue weighted by atomic mass is 9.90. The summed E-state index contributed by atoms with van der Waals surface area (Å²) in [7, 11) is 0. The van der Waals surface area contributed by atoms with Crippen molar-refractivity contribution in [3.8, 4) is 0 Å². The number of hydrogen-bond acceptors (Lipinski definition) is 2. The van der Waals surface area contributed by atoms with Crippen molar-refractivity contribution >= 4 is 35.0 Å². The van der Waals surface area contributed by atoms with E-state index in [0.717, 1.165) is 5.56 Å². The highest BCUT2D eigenvalue weighted by Crippen LogP contribution is 2.31. The first-order valence-corrected chi connectivity index (χ1v) is 5.62. The summed E-state index contributed by atoms with van der Waals surface area (Å²) in [4.78, 5) is 22.6. The van der Waals surface area contributed by atoms with Crippen LogP contribution in [0.2, 0.25) is 10.0 Å². The van der Waals surface area contributed by atoms with E-state index in [4.69, 9.17) is 23.2 Å². The summed E-state index contributed by atoms with van der Waals surface area (Å²) in [6.07, 6.45) is 0.835. The second kappa shape index (κ2) is 4.44. The maximum atomic E-state index is 11.6. The van der Waals surface area contributed by atoms with Crippen molar-refractivity contribution in [3.63, 3.8) is 0 Å². The van der Waals surface area contributed by atoms with Gasteiger partial charge >= 0.3 is 0 Å². The molecule has 0 saturated carbocycles. The van der Waals surface area contributed by atoms with Crippen LogP contribution < -0.4 is 5.32 Å². The third-order valence-corrected chi connectivity index (χ3v) is 3.14. The van der Waals surface area contributed by atoms with Crippen LogP contribution in [0.4, 0.5) is 0 Å². The quantitative estimate of drug-likeness (QED) is 0.786. The Morgan fingerprint density at radius 3 is 2.62 bits per heavy atom. The van der Waals surface area contributed by atoms with E-state index < -0.39 is 0 Å². The summed E-state index contributed by atoms with van der Waals surface area (Å²) in [5.74, 6) is -0.880. The molecular weight excluding hydrogens is 249 g/mol. The SMILES string of the molecule is O=C1CCC(c2ccc(Cl)cc2Cl)C(=O)N1. The molecule has 0 radical (unpaired) electrons. The Bertz CT molecular complexity index is 459. The van der Waals surface area contributed by atoms with Crippen LogP contribution >= 0.6 is 23.2 Å². The highest BCUT2D eigenvalue weighted by Gasteiger charge is 2.29. The van der Waals surface area contributed by atoms with E-state index in [1.807, 2.05) is 0 Å². The largest absolute Gasteiger partial charge is 0.296 e. The molecule has 0 aromatic heterocycles. The van der Waals surface area contributed by atoms with Crippen molar-refractivity contribution < 1.29 is 9.59 Å². The molecule has 0 aliphatic carbocycles. The van der Waals surface area contributed by atoms with Crippen molar-refractivity contribution in [1.82, 2.24) is 5.32 Å². The Kier molecular flexibility index (Phi) is 3.17. The summed E-state index contributed by atoms with van der Waals surface area (Å²) in [6, 6.07) is 5.01. The molecule has 1 N–H and O–H groups in total. The average Bonchev–Trinajstić information content (AvgIpc) is 2.19. The zero-order valence-electron chi connectivity index (χ0n) is 8.30. The van der Waals surface area contributed by atoms with E-state index in [9.17, 15) is 9.59 Å². The number of halogens is 2. The fraction of sp³-hybridized carbons (Fsp3) is 0.273. The number of hydrogen-bond donors (Lipinski definition) is 1. The Labute approximate surface area is 103 Å². The number of imide groups is 1. The first-order valence-electron chi connectivity index (χ1n) is 4.86. The first kappa shape index (κ1) is 11.4. The number of carbonyl (C=O) groups excluding carboxylic acids is 2. The van der Waals surface area contributed by atoms with E-state index in [0.29, 0.717) is 22.9 Å². The summed E-state index contributed by atoms with van der Waals surface area (Å²) in [5.41, 5.74) is 0.719. The lowest BCUT2D eigenvalue weighted by molar-refractivity contribution is -0.134. The van der Waals surface area contributed by atoms with Gasteiger partial charge < -0.3 is 0 Å². The smallest absolute Gasteiger partial charge is 0.234 e. The summed E-state index contributed by atoms with van der Waals surface area (Å²) >= 11 is 11.8. The maximum absolute atomic E-state index is 11.6. The highest BCUT2D eigenvalue weighted by molar-refractivity contribution is 6.35. The average molecular weight is 258 g/mol. The van der Waals surface area contributed by atoms with Gasteiger partial charge in [-0.1, -0.05) is 29.3 Å². The molecule has 3 nitrogen and oxygen atoms in total. The molecule has 84 valence electrons. The molecule has 1 aliphatic heterocycles. The van der Waals surface area contributed by atoms with Crippen molar-refractivity contribution in [2.75, 3.05) is 0 Å². The molecule has 1 atom stereocenters. The Hall–Kier alpha value is -1.06. The fourth-order valence-electron chi connectivity index (χ4n) is 1.77. The van der Waals surface area contributed by atoms with Gasteiger partial charge in [0.15, 0.2) is 0 Å². The number of nitrogens with one attached hydrogen (secondary N) is 1. The molecule has 2 amide bonds. The van der Waals surface area contributed by atoms with Gasteiger partial charge in [0.1, 0.15) is 0 Å². The van der Waals surface area contributed by atoms with Gasteiger partial charge in [-0.3, -0.25) is 14.9 Å². The van der Waals surface area contributed by atoms with E-state index in [1.165, 1.54) is 0 Å². The molecule has 0 spiro atoms. The predicted octanol–water partition coefficient (Wildman–Crippen LogP) is 2.51. The van der Waals surface area contributed by atoms with Gasteiger partial charge in [-0.15, -0.1) is 0 Å². The number of piperidine rings is 1. The molecular formula is C11H9Cl2NO2. The van der Waals surface area contributed by atoms with Crippen LogP contribution in [0.5, 0.6) is 0 Å². The van der Waals surface area contributed by atoms with Gasteiger partial charge in [-0.2, -0.15) is 0 Å². The molecule has 2 rings (SSSR count). The van der Waals surface area contributed by atoms with Gasteiger partial charge in [-0.05, 0) is 24.1 Å². The molecule has 1 aromatic rings. The zero-order chi connectivity index (χ0) is 11.7. The van der Waals surface area contributed by atoms with Crippen LogP contribution in [0.1, 0.15) is 24.3 Å². The number of rotatable bonds is 1. The Balaban J connectivity index is 2.30. The second-order valence-corrected chi connectivity index (χ2v) is 4.51. The monoisotopic (exact) mass is 257 g/mol. The fourth-order valence-corrected chi connectivity index (χ4v) is 2.31. The zero-order valence-corrected chi connectivity index (χ0v) is 9.81. The summed E-state index contributed by atoms with van der Waals surface area (Å²) in [5, 5.41) is 3.29. The van der Waals surface area contributed by atoms with Crippen molar-refractivity contribution in [2.45, 2.75) is 18.8 Å². The molecule has 1 aliphatic rings. The lowest BCUT2D eigenvalue weighted by Gasteiger charge is -2.21. The van der Waals surface area contributed by atoms with Gasteiger partial charge in [0.2, 0.25) is 11.8 Å². The third-order valence-electron chi connectivity index (χ3n) is 2.58.